The number of carboxylic acids is 1. The van der Waals surface area contributed by atoms with E-state index in [1.54, 1.807) is 53.0 Å². The Bertz CT molecular complexity index is 535. The van der Waals surface area contributed by atoms with Crippen molar-refractivity contribution in [3.63, 3.8) is 0 Å². The lowest BCUT2D eigenvalue weighted by Gasteiger charge is -2.38. The highest BCUT2D eigenvalue weighted by Gasteiger charge is 2.44. The fourth-order valence-electron chi connectivity index (χ4n) is 1.75. The average Bonchev–Trinajstić information content (AvgIpc) is 2.38. The lowest BCUT2D eigenvalue weighted by atomic mass is 9.74. The number of carboxylic acid groups (broad SMARTS) is 1. The standard InChI is InChI=1S/C16H23NO4/c1-15(2,14(19)20)16(3,4)17-13(18)12-8-6-7-11(9-12)10-21-5/h6-9H,10H2,1-5H3,(H,17,18)(H,19,20). The Labute approximate surface area is 125 Å². The van der Waals surface area contributed by atoms with Gasteiger partial charge in [0.25, 0.3) is 5.91 Å². The second-order valence-corrected chi connectivity index (χ2v) is 6.14. The van der Waals surface area contributed by atoms with E-state index in [1.807, 2.05) is 6.07 Å². The van der Waals surface area contributed by atoms with Gasteiger partial charge in [-0.1, -0.05) is 12.1 Å². The molecule has 0 saturated carbocycles. The molecule has 1 aromatic carbocycles. The highest BCUT2D eigenvalue weighted by Crippen LogP contribution is 2.31. The Morgan fingerprint density at radius 3 is 2.38 bits per heavy atom. The van der Waals surface area contributed by atoms with Crippen LogP contribution in [-0.4, -0.2) is 29.6 Å². The summed E-state index contributed by atoms with van der Waals surface area (Å²) in [7, 11) is 1.59. The fourth-order valence-corrected chi connectivity index (χ4v) is 1.75. The van der Waals surface area contributed by atoms with E-state index in [0.717, 1.165) is 5.56 Å². The van der Waals surface area contributed by atoms with Gasteiger partial charge in [-0.25, -0.2) is 0 Å². The van der Waals surface area contributed by atoms with E-state index in [9.17, 15) is 14.7 Å². The minimum atomic E-state index is -1.09. The molecular formula is C16H23NO4. The van der Waals surface area contributed by atoms with Gasteiger partial charge in [-0.15, -0.1) is 0 Å². The summed E-state index contributed by atoms with van der Waals surface area (Å²) in [4.78, 5) is 23.7. The lowest BCUT2D eigenvalue weighted by molar-refractivity contribution is -0.150. The van der Waals surface area contributed by atoms with E-state index in [-0.39, 0.29) is 5.91 Å². The van der Waals surface area contributed by atoms with Gasteiger partial charge >= 0.3 is 5.97 Å². The first kappa shape index (κ1) is 17.2. The molecular weight excluding hydrogens is 270 g/mol. The molecule has 0 spiro atoms. The van der Waals surface area contributed by atoms with Crippen LogP contribution in [0.25, 0.3) is 0 Å². The maximum Gasteiger partial charge on any atom is 0.311 e. The van der Waals surface area contributed by atoms with Crippen molar-refractivity contribution in [1.29, 1.82) is 0 Å². The molecule has 1 aromatic rings. The Hall–Kier alpha value is -1.88. The quantitative estimate of drug-likeness (QED) is 0.844. The number of aliphatic carboxylic acids is 1. The van der Waals surface area contributed by atoms with Crippen LogP contribution in [-0.2, 0) is 16.1 Å². The molecule has 5 nitrogen and oxygen atoms in total. The minimum Gasteiger partial charge on any atom is -0.481 e. The van der Waals surface area contributed by atoms with Crippen molar-refractivity contribution in [1.82, 2.24) is 5.32 Å². The molecule has 0 aliphatic carbocycles. The zero-order chi connectivity index (χ0) is 16.3. The summed E-state index contributed by atoms with van der Waals surface area (Å²) in [6.07, 6.45) is 0. The summed E-state index contributed by atoms with van der Waals surface area (Å²) in [6, 6.07) is 7.08. The molecule has 0 fully saturated rings. The van der Waals surface area contributed by atoms with Crippen molar-refractivity contribution < 1.29 is 19.4 Å². The molecule has 0 aliphatic heterocycles. The Kier molecular flexibility index (Phi) is 5.12. The van der Waals surface area contributed by atoms with Crippen molar-refractivity contribution in [3.05, 3.63) is 35.4 Å². The van der Waals surface area contributed by atoms with E-state index < -0.39 is 16.9 Å². The first-order valence-corrected chi connectivity index (χ1v) is 6.75. The van der Waals surface area contributed by atoms with Crippen LogP contribution in [0.1, 0.15) is 43.6 Å². The first-order valence-electron chi connectivity index (χ1n) is 6.75. The Balaban J connectivity index is 2.95. The van der Waals surface area contributed by atoms with Crippen LogP contribution in [0.2, 0.25) is 0 Å². The smallest absolute Gasteiger partial charge is 0.311 e. The number of hydrogen-bond acceptors (Lipinski definition) is 3. The Morgan fingerprint density at radius 2 is 1.86 bits per heavy atom. The van der Waals surface area contributed by atoms with Crippen molar-refractivity contribution in [2.75, 3.05) is 7.11 Å². The molecule has 21 heavy (non-hydrogen) atoms. The third-order valence-electron chi connectivity index (χ3n) is 4.02. The molecule has 1 rings (SSSR count). The molecule has 0 atom stereocenters. The van der Waals surface area contributed by atoms with E-state index in [4.69, 9.17) is 4.74 Å². The molecule has 0 heterocycles. The topological polar surface area (TPSA) is 75.6 Å². The summed E-state index contributed by atoms with van der Waals surface area (Å²) in [5, 5.41) is 12.1. The summed E-state index contributed by atoms with van der Waals surface area (Å²) < 4.78 is 5.04. The van der Waals surface area contributed by atoms with Crippen LogP contribution in [0, 0.1) is 5.41 Å². The maximum absolute atomic E-state index is 12.3. The average molecular weight is 293 g/mol. The van der Waals surface area contributed by atoms with Gasteiger partial charge in [0.1, 0.15) is 0 Å². The molecule has 0 radical (unpaired) electrons. The monoisotopic (exact) mass is 293 g/mol. The molecule has 5 heteroatoms. The van der Waals surface area contributed by atoms with Gasteiger partial charge < -0.3 is 15.2 Å². The van der Waals surface area contributed by atoms with Crippen LogP contribution in [0.3, 0.4) is 0 Å². The van der Waals surface area contributed by atoms with Gasteiger partial charge in [-0.2, -0.15) is 0 Å². The third kappa shape index (κ3) is 3.82. The fraction of sp³-hybridized carbons (Fsp3) is 0.500. The first-order chi connectivity index (χ1) is 9.61. The number of carbonyl (C=O) groups is 2. The molecule has 2 N–H and O–H groups in total. The number of methoxy groups -OCH3 is 1. The van der Waals surface area contributed by atoms with E-state index in [1.165, 1.54) is 0 Å². The van der Waals surface area contributed by atoms with Crippen LogP contribution >= 0.6 is 0 Å². The minimum absolute atomic E-state index is 0.299. The van der Waals surface area contributed by atoms with E-state index >= 15 is 0 Å². The predicted octanol–water partition coefficient (Wildman–Crippen LogP) is 2.45. The molecule has 0 aliphatic rings. The predicted molar refractivity (Wildman–Crippen MR) is 80.1 cm³/mol. The van der Waals surface area contributed by atoms with Gasteiger partial charge in [0.05, 0.1) is 17.6 Å². The largest absolute Gasteiger partial charge is 0.481 e. The molecule has 1 amide bonds. The number of ether oxygens (including phenoxy) is 1. The molecule has 116 valence electrons. The third-order valence-corrected chi connectivity index (χ3v) is 4.02. The van der Waals surface area contributed by atoms with Crippen molar-refractivity contribution in [2.45, 2.75) is 39.8 Å². The molecule has 0 aromatic heterocycles. The lowest BCUT2D eigenvalue weighted by Crippen LogP contribution is -2.56. The summed E-state index contributed by atoms with van der Waals surface area (Å²) in [5.74, 6) is -1.26. The number of carbonyl (C=O) groups excluding carboxylic acids is 1. The van der Waals surface area contributed by atoms with Gasteiger partial charge in [0.15, 0.2) is 0 Å². The molecule has 0 unspecified atom stereocenters. The van der Waals surface area contributed by atoms with Gasteiger partial charge in [0, 0.05) is 12.7 Å². The van der Waals surface area contributed by atoms with Crippen LogP contribution in [0.4, 0.5) is 0 Å². The zero-order valence-corrected chi connectivity index (χ0v) is 13.2. The normalized spacial score (nSPS) is 12.0. The van der Waals surface area contributed by atoms with Gasteiger partial charge in [0.2, 0.25) is 0 Å². The van der Waals surface area contributed by atoms with Crippen molar-refractivity contribution in [3.8, 4) is 0 Å². The number of rotatable bonds is 6. The van der Waals surface area contributed by atoms with E-state index in [2.05, 4.69) is 5.32 Å². The van der Waals surface area contributed by atoms with Crippen LogP contribution in [0.5, 0.6) is 0 Å². The second-order valence-electron chi connectivity index (χ2n) is 6.14. The SMILES string of the molecule is COCc1cccc(C(=O)NC(C)(C)C(C)(C)C(=O)O)c1. The maximum atomic E-state index is 12.3. The zero-order valence-electron chi connectivity index (χ0n) is 13.2. The summed E-state index contributed by atoms with van der Waals surface area (Å²) >= 11 is 0. The number of benzene rings is 1. The van der Waals surface area contributed by atoms with Crippen molar-refractivity contribution in [2.24, 2.45) is 5.41 Å². The van der Waals surface area contributed by atoms with Gasteiger partial charge in [-0.05, 0) is 45.4 Å². The van der Waals surface area contributed by atoms with Crippen molar-refractivity contribution >= 4 is 11.9 Å². The van der Waals surface area contributed by atoms with E-state index in [0.29, 0.717) is 12.2 Å². The number of hydrogen-bond donors (Lipinski definition) is 2. The highest BCUT2D eigenvalue weighted by atomic mass is 16.5. The molecule has 0 saturated heterocycles. The summed E-state index contributed by atoms with van der Waals surface area (Å²) in [5.41, 5.74) is -0.612. The second kappa shape index (κ2) is 6.26. The van der Waals surface area contributed by atoms with Gasteiger partial charge in [-0.3, -0.25) is 9.59 Å². The highest BCUT2D eigenvalue weighted by molar-refractivity contribution is 5.95. The number of nitrogens with one attached hydrogen (secondary N) is 1. The molecule has 0 bridgehead atoms. The number of amides is 1. The summed E-state index contributed by atoms with van der Waals surface area (Å²) in [6.45, 7) is 7.02. The van der Waals surface area contributed by atoms with Crippen LogP contribution in [0.15, 0.2) is 24.3 Å². The Morgan fingerprint density at radius 1 is 1.24 bits per heavy atom. The van der Waals surface area contributed by atoms with Crippen LogP contribution < -0.4 is 5.32 Å².